The Morgan fingerprint density at radius 1 is 1.27 bits per heavy atom. The van der Waals surface area contributed by atoms with Crippen LogP contribution in [0.25, 0.3) is 0 Å². The number of nitrogens with zero attached hydrogens (tertiary/aromatic N) is 2. The fourth-order valence-corrected chi connectivity index (χ4v) is 5.58. The predicted octanol–water partition coefficient (Wildman–Crippen LogP) is 3.26. The van der Waals surface area contributed by atoms with Gasteiger partial charge in [-0.15, -0.1) is 0 Å². The zero-order chi connectivity index (χ0) is 16.1. The van der Waals surface area contributed by atoms with E-state index in [0.29, 0.717) is 5.69 Å². The second-order valence-electron chi connectivity index (χ2n) is 6.79. The van der Waals surface area contributed by atoms with Crippen LogP contribution in [0.1, 0.15) is 50.5 Å². The second kappa shape index (κ2) is 5.20. The van der Waals surface area contributed by atoms with Gasteiger partial charge >= 0.3 is 10.2 Å². The molecule has 1 heterocycles. The predicted molar refractivity (Wildman–Crippen MR) is 85.7 cm³/mol. The minimum absolute atomic E-state index is 0.164. The van der Waals surface area contributed by atoms with Gasteiger partial charge in [0.2, 0.25) is 0 Å². The fourth-order valence-electron chi connectivity index (χ4n) is 4.10. The van der Waals surface area contributed by atoms with Gasteiger partial charge in [-0.25, -0.2) is 4.39 Å². The van der Waals surface area contributed by atoms with Crippen LogP contribution in [-0.2, 0) is 10.2 Å². The zero-order valence-electron chi connectivity index (χ0n) is 13.3. The van der Waals surface area contributed by atoms with Gasteiger partial charge in [-0.2, -0.15) is 12.7 Å². The Labute approximate surface area is 132 Å². The molecule has 1 atom stereocenters. The molecule has 122 valence electrons. The van der Waals surface area contributed by atoms with Crippen LogP contribution in [0.2, 0.25) is 0 Å². The average molecular weight is 326 g/mol. The molecule has 0 saturated heterocycles. The Kier molecular flexibility index (Phi) is 3.72. The van der Waals surface area contributed by atoms with Crippen molar-refractivity contribution in [3.8, 4) is 0 Å². The molecule has 0 bridgehead atoms. The highest BCUT2D eigenvalue weighted by molar-refractivity contribution is 7.90. The van der Waals surface area contributed by atoms with Crippen LogP contribution in [0.4, 0.5) is 10.1 Å². The summed E-state index contributed by atoms with van der Waals surface area (Å²) in [6.45, 7) is 2.07. The summed E-state index contributed by atoms with van der Waals surface area (Å²) in [5, 5.41) is 0. The monoisotopic (exact) mass is 326 g/mol. The number of fused-ring (bicyclic) bond motifs is 1. The van der Waals surface area contributed by atoms with Gasteiger partial charge in [-0.05, 0) is 48.9 Å². The molecule has 0 amide bonds. The van der Waals surface area contributed by atoms with Crippen LogP contribution in [0, 0.1) is 5.82 Å². The van der Waals surface area contributed by atoms with E-state index in [1.54, 1.807) is 24.5 Å². The molecule has 4 nitrogen and oxygen atoms in total. The molecule has 3 rings (SSSR count). The average Bonchev–Trinajstić information content (AvgIpc) is 2.88. The SMILES string of the molecule is C[C@@H]1CC2(CCCC2)N(S(=O)(=O)N(C)C)c2ccc(F)cc21. The van der Waals surface area contributed by atoms with E-state index in [4.69, 9.17) is 0 Å². The van der Waals surface area contributed by atoms with E-state index < -0.39 is 10.2 Å². The summed E-state index contributed by atoms with van der Waals surface area (Å²) in [7, 11) is -0.488. The summed E-state index contributed by atoms with van der Waals surface area (Å²) < 4.78 is 42.4. The van der Waals surface area contributed by atoms with Crippen molar-refractivity contribution in [2.45, 2.75) is 50.5 Å². The third kappa shape index (κ3) is 2.24. The third-order valence-electron chi connectivity index (χ3n) is 5.08. The van der Waals surface area contributed by atoms with Gasteiger partial charge in [0, 0.05) is 14.1 Å². The van der Waals surface area contributed by atoms with E-state index in [-0.39, 0.29) is 17.3 Å². The Balaban J connectivity index is 2.23. The molecule has 1 fully saturated rings. The highest BCUT2D eigenvalue weighted by Gasteiger charge is 2.50. The van der Waals surface area contributed by atoms with E-state index in [1.807, 2.05) is 0 Å². The third-order valence-corrected chi connectivity index (χ3v) is 7.05. The normalized spacial score (nSPS) is 24.0. The van der Waals surface area contributed by atoms with Crippen molar-refractivity contribution in [1.29, 1.82) is 0 Å². The van der Waals surface area contributed by atoms with Gasteiger partial charge in [0.25, 0.3) is 0 Å². The molecule has 0 radical (unpaired) electrons. The Morgan fingerprint density at radius 3 is 2.50 bits per heavy atom. The van der Waals surface area contributed by atoms with Crippen LogP contribution >= 0.6 is 0 Å². The molecule has 1 spiro atoms. The van der Waals surface area contributed by atoms with Gasteiger partial charge in [-0.1, -0.05) is 19.8 Å². The van der Waals surface area contributed by atoms with Crippen molar-refractivity contribution >= 4 is 15.9 Å². The van der Waals surface area contributed by atoms with Crippen molar-refractivity contribution < 1.29 is 12.8 Å². The van der Waals surface area contributed by atoms with Crippen LogP contribution < -0.4 is 4.31 Å². The Morgan fingerprint density at radius 2 is 1.91 bits per heavy atom. The Bertz CT molecular complexity index is 681. The lowest BCUT2D eigenvalue weighted by Gasteiger charge is -2.48. The van der Waals surface area contributed by atoms with E-state index in [9.17, 15) is 12.8 Å². The van der Waals surface area contributed by atoms with Crippen LogP contribution in [0.5, 0.6) is 0 Å². The van der Waals surface area contributed by atoms with Crippen molar-refractivity contribution in [2.24, 2.45) is 0 Å². The smallest absolute Gasteiger partial charge is 0.251 e. The number of rotatable bonds is 2. The lowest BCUT2D eigenvalue weighted by molar-refractivity contribution is 0.352. The number of hydrogen-bond acceptors (Lipinski definition) is 2. The number of anilines is 1. The maximum atomic E-state index is 13.6. The molecular formula is C16H23FN2O2S. The molecule has 1 saturated carbocycles. The number of halogens is 1. The molecular weight excluding hydrogens is 303 g/mol. The lowest BCUT2D eigenvalue weighted by Crippen LogP contribution is -2.56. The van der Waals surface area contributed by atoms with Crippen LogP contribution in [-0.4, -0.2) is 32.4 Å². The molecule has 1 aliphatic carbocycles. The molecule has 1 aromatic carbocycles. The first-order chi connectivity index (χ1) is 10.3. The summed E-state index contributed by atoms with van der Waals surface area (Å²) in [4.78, 5) is 0. The van der Waals surface area contributed by atoms with E-state index >= 15 is 0 Å². The number of benzene rings is 1. The molecule has 2 aliphatic rings. The summed E-state index contributed by atoms with van der Waals surface area (Å²) in [5.41, 5.74) is 1.09. The van der Waals surface area contributed by atoms with Crippen molar-refractivity contribution in [1.82, 2.24) is 4.31 Å². The van der Waals surface area contributed by atoms with E-state index in [1.165, 1.54) is 16.4 Å². The van der Waals surface area contributed by atoms with E-state index in [0.717, 1.165) is 37.7 Å². The van der Waals surface area contributed by atoms with E-state index in [2.05, 4.69) is 6.92 Å². The summed E-state index contributed by atoms with van der Waals surface area (Å²) in [6.07, 6.45) is 4.60. The molecule has 6 heteroatoms. The van der Waals surface area contributed by atoms with Gasteiger partial charge in [0.15, 0.2) is 0 Å². The highest BCUT2D eigenvalue weighted by Crippen LogP contribution is 2.52. The molecule has 0 aromatic heterocycles. The Hall–Kier alpha value is -1.14. The minimum atomic E-state index is -3.60. The first kappa shape index (κ1) is 15.7. The molecule has 1 aliphatic heterocycles. The van der Waals surface area contributed by atoms with Gasteiger partial charge in [0.05, 0.1) is 11.2 Å². The quantitative estimate of drug-likeness (QED) is 0.837. The number of hydrogen-bond donors (Lipinski definition) is 0. The first-order valence-electron chi connectivity index (χ1n) is 7.80. The molecule has 0 unspecified atom stereocenters. The topological polar surface area (TPSA) is 40.6 Å². The summed E-state index contributed by atoms with van der Waals surface area (Å²) in [6, 6.07) is 4.47. The van der Waals surface area contributed by atoms with Gasteiger partial charge in [0.1, 0.15) is 5.82 Å². The summed E-state index contributed by atoms with van der Waals surface area (Å²) in [5.74, 6) is -0.146. The van der Waals surface area contributed by atoms with Crippen LogP contribution in [0.3, 0.4) is 0 Å². The first-order valence-corrected chi connectivity index (χ1v) is 9.20. The fraction of sp³-hybridized carbons (Fsp3) is 0.625. The standard InChI is InChI=1S/C16H23FN2O2S/c1-12-11-16(8-4-5-9-16)19(22(20,21)18(2)3)15-7-6-13(17)10-14(12)15/h6-7,10,12H,4-5,8-9,11H2,1-3H3/t12-/m1/s1. The maximum absolute atomic E-state index is 13.6. The zero-order valence-corrected chi connectivity index (χ0v) is 14.2. The van der Waals surface area contributed by atoms with Crippen LogP contribution in [0.15, 0.2) is 18.2 Å². The summed E-state index contributed by atoms with van der Waals surface area (Å²) >= 11 is 0. The second-order valence-corrected chi connectivity index (χ2v) is 8.79. The van der Waals surface area contributed by atoms with Gasteiger partial charge < -0.3 is 0 Å². The molecule has 0 N–H and O–H groups in total. The van der Waals surface area contributed by atoms with Crippen molar-refractivity contribution in [3.63, 3.8) is 0 Å². The lowest BCUT2D eigenvalue weighted by atomic mass is 9.78. The van der Waals surface area contributed by atoms with Crippen molar-refractivity contribution in [3.05, 3.63) is 29.6 Å². The van der Waals surface area contributed by atoms with Crippen molar-refractivity contribution in [2.75, 3.05) is 18.4 Å². The maximum Gasteiger partial charge on any atom is 0.304 e. The minimum Gasteiger partial charge on any atom is -0.251 e. The molecule has 1 aromatic rings. The highest BCUT2D eigenvalue weighted by atomic mass is 32.2. The largest absolute Gasteiger partial charge is 0.304 e. The molecule has 22 heavy (non-hydrogen) atoms. The van der Waals surface area contributed by atoms with Gasteiger partial charge in [-0.3, -0.25) is 4.31 Å².